The number of fused-ring (bicyclic) bond motifs is 1. The van der Waals surface area contributed by atoms with Crippen molar-refractivity contribution in [1.82, 2.24) is 0 Å². The minimum Gasteiger partial charge on any atom is -0.496 e. The van der Waals surface area contributed by atoms with E-state index in [0.717, 1.165) is 27.5 Å². The summed E-state index contributed by atoms with van der Waals surface area (Å²) in [6, 6.07) is 3.66. The molecule has 2 aromatic rings. The Balaban J connectivity index is 3.01. The first kappa shape index (κ1) is 17.9. The summed E-state index contributed by atoms with van der Waals surface area (Å²) in [6.45, 7) is 5.81. The van der Waals surface area contributed by atoms with Gasteiger partial charge in [-0.1, -0.05) is 12.2 Å². The maximum absolute atomic E-state index is 9.82. The Bertz CT molecular complexity index is 764. The Morgan fingerprint density at radius 3 is 2.04 bits per heavy atom. The van der Waals surface area contributed by atoms with Gasteiger partial charge >= 0.3 is 0 Å². The number of aliphatic hydroxyl groups excluding tert-OH is 1. The fraction of sp³-hybridized carbons (Fsp3) is 0.368. The zero-order chi connectivity index (χ0) is 17.9. The van der Waals surface area contributed by atoms with Gasteiger partial charge in [0.15, 0.2) is 11.5 Å². The van der Waals surface area contributed by atoms with Gasteiger partial charge in [-0.3, -0.25) is 0 Å². The largest absolute Gasteiger partial charge is 0.496 e. The Hall–Kier alpha value is -2.40. The van der Waals surface area contributed by atoms with E-state index >= 15 is 0 Å². The predicted octanol–water partition coefficient (Wildman–Crippen LogP) is 3.49. The Labute approximate surface area is 142 Å². The van der Waals surface area contributed by atoms with E-state index in [2.05, 4.69) is 6.58 Å². The Morgan fingerprint density at radius 1 is 0.958 bits per heavy atom. The molecule has 5 nitrogen and oxygen atoms in total. The van der Waals surface area contributed by atoms with Gasteiger partial charge in [0.1, 0.15) is 11.5 Å². The van der Waals surface area contributed by atoms with E-state index < -0.39 is 0 Å². The van der Waals surface area contributed by atoms with Crippen molar-refractivity contribution in [3.63, 3.8) is 0 Å². The molecule has 24 heavy (non-hydrogen) atoms. The molecule has 0 fully saturated rings. The lowest BCUT2D eigenvalue weighted by Crippen LogP contribution is -2.03. The molecule has 0 radical (unpaired) electrons. The molecule has 0 aliphatic heterocycles. The third-order valence-electron chi connectivity index (χ3n) is 3.95. The summed E-state index contributed by atoms with van der Waals surface area (Å²) in [5, 5.41) is 11.4. The quantitative estimate of drug-likeness (QED) is 0.787. The molecule has 0 aromatic heterocycles. The molecule has 0 amide bonds. The summed E-state index contributed by atoms with van der Waals surface area (Å²) in [4.78, 5) is 0. The lowest BCUT2D eigenvalue weighted by atomic mass is 9.94. The van der Waals surface area contributed by atoms with Gasteiger partial charge in [-0.25, -0.2) is 0 Å². The first-order valence-electron chi connectivity index (χ1n) is 7.58. The highest BCUT2D eigenvalue weighted by atomic mass is 16.5. The molecule has 2 aromatic carbocycles. The minimum atomic E-state index is -0.105. The number of ether oxygens (including phenoxy) is 4. The molecule has 0 spiro atoms. The number of methoxy groups -OCH3 is 4. The molecule has 1 N–H and O–H groups in total. The van der Waals surface area contributed by atoms with E-state index in [1.807, 2.05) is 13.0 Å². The average molecular weight is 332 g/mol. The number of aliphatic hydroxyl groups is 1. The third-order valence-corrected chi connectivity index (χ3v) is 3.95. The van der Waals surface area contributed by atoms with Crippen molar-refractivity contribution in [2.24, 2.45) is 0 Å². The zero-order valence-electron chi connectivity index (χ0n) is 14.9. The highest BCUT2D eigenvalue weighted by Crippen LogP contribution is 2.48. The molecule has 0 unspecified atom stereocenters. The summed E-state index contributed by atoms with van der Waals surface area (Å²) in [5.41, 5.74) is 2.62. The normalized spacial score (nSPS) is 10.6. The van der Waals surface area contributed by atoms with Crippen molar-refractivity contribution < 1.29 is 24.1 Å². The number of allylic oxidation sites excluding steroid dienone is 1. The van der Waals surface area contributed by atoms with Crippen LogP contribution in [0.5, 0.6) is 23.0 Å². The Morgan fingerprint density at radius 2 is 1.58 bits per heavy atom. The number of benzene rings is 2. The molecule has 0 saturated carbocycles. The molecule has 2 rings (SSSR count). The monoisotopic (exact) mass is 332 g/mol. The van der Waals surface area contributed by atoms with E-state index in [-0.39, 0.29) is 6.61 Å². The van der Waals surface area contributed by atoms with Crippen molar-refractivity contribution in [3.05, 3.63) is 35.4 Å². The van der Waals surface area contributed by atoms with Crippen molar-refractivity contribution in [3.8, 4) is 23.0 Å². The summed E-state index contributed by atoms with van der Waals surface area (Å²) < 4.78 is 22.2. The fourth-order valence-electron chi connectivity index (χ4n) is 2.94. The molecule has 130 valence electrons. The number of hydrogen-bond donors (Lipinski definition) is 1. The SMILES string of the molecule is C=C(C)Cc1c(CO)cc2c(OC)cc(OC)c(OC)c2c1OC. The van der Waals surface area contributed by atoms with Gasteiger partial charge in [-0.15, -0.1) is 0 Å². The summed E-state index contributed by atoms with van der Waals surface area (Å²) in [5.74, 6) is 2.38. The third kappa shape index (κ3) is 2.99. The second kappa shape index (κ2) is 7.45. The van der Waals surface area contributed by atoms with Crippen molar-refractivity contribution in [2.75, 3.05) is 28.4 Å². The first-order chi connectivity index (χ1) is 11.5. The van der Waals surface area contributed by atoms with Gasteiger partial charge in [0.05, 0.1) is 40.4 Å². The lowest BCUT2D eigenvalue weighted by Gasteiger charge is -2.21. The summed E-state index contributed by atoms with van der Waals surface area (Å²) in [6.07, 6.45) is 0.595. The van der Waals surface area contributed by atoms with Crippen LogP contribution in [-0.4, -0.2) is 33.5 Å². The molecule has 0 heterocycles. The lowest BCUT2D eigenvalue weighted by molar-refractivity contribution is 0.280. The van der Waals surface area contributed by atoms with Crippen molar-refractivity contribution in [1.29, 1.82) is 0 Å². The van der Waals surface area contributed by atoms with Crippen LogP contribution in [0.3, 0.4) is 0 Å². The molecule has 0 aliphatic rings. The summed E-state index contributed by atoms with van der Waals surface area (Å²) in [7, 11) is 6.35. The van der Waals surface area contributed by atoms with Crippen molar-refractivity contribution >= 4 is 10.8 Å². The summed E-state index contributed by atoms with van der Waals surface area (Å²) >= 11 is 0. The highest BCUT2D eigenvalue weighted by Gasteiger charge is 2.23. The van der Waals surface area contributed by atoms with Crippen molar-refractivity contribution in [2.45, 2.75) is 20.0 Å². The van der Waals surface area contributed by atoms with Crippen LogP contribution in [-0.2, 0) is 13.0 Å². The zero-order valence-corrected chi connectivity index (χ0v) is 14.9. The molecular weight excluding hydrogens is 308 g/mol. The number of hydrogen-bond acceptors (Lipinski definition) is 5. The van der Waals surface area contributed by atoms with E-state index in [9.17, 15) is 5.11 Å². The second-order valence-corrected chi connectivity index (χ2v) is 5.58. The predicted molar refractivity (Wildman–Crippen MR) is 94.6 cm³/mol. The van der Waals surface area contributed by atoms with Crippen LogP contribution in [0.4, 0.5) is 0 Å². The van der Waals surface area contributed by atoms with E-state index in [1.165, 1.54) is 0 Å². The van der Waals surface area contributed by atoms with Crippen LogP contribution < -0.4 is 18.9 Å². The maximum atomic E-state index is 9.82. The second-order valence-electron chi connectivity index (χ2n) is 5.58. The van der Waals surface area contributed by atoms with E-state index in [4.69, 9.17) is 18.9 Å². The van der Waals surface area contributed by atoms with Crippen LogP contribution in [0.15, 0.2) is 24.3 Å². The van der Waals surface area contributed by atoms with Gasteiger partial charge in [0, 0.05) is 17.0 Å². The molecule has 0 aliphatic carbocycles. The van der Waals surface area contributed by atoms with E-state index in [1.54, 1.807) is 34.5 Å². The topological polar surface area (TPSA) is 57.2 Å². The molecule has 0 atom stereocenters. The van der Waals surface area contributed by atoms with Crippen LogP contribution in [0.2, 0.25) is 0 Å². The van der Waals surface area contributed by atoms with Gasteiger partial charge in [-0.05, 0) is 25.0 Å². The van der Waals surface area contributed by atoms with E-state index in [0.29, 0.717) is 29.4 Å². The Kier molecular flexibility index (Phi) is 5.57. The van der Waals surface area contributed by atoms with Gasteiger partial charge in [0.25, 0.3) is 0 Å². The molecule has 5 heteroatoms. The maximum Gasteiger partial charge on any atom is 0.172 e. The fourth-order valence-corrected chi connectivity index (χ4v) is 2.94. The molecule has 0 saturated heterocycles. The van der Waals surface area contributed by atoms with Crippen LogP contribution in [0, 0.1) is 0 Å². The smallest absolute Gasteiger partial charge is 0.172 e. The highest BCUT2D eigenvalue weighted by molar-refractivity contribution is 6.01. The first-order valence-corrected chi connectivity index (χ1v) is 7.58. The average Bonchev–Trinajstić information content (AvgIpc) is 2.58. The van der Waals surface area contributed by atoms with Gasteiger partial charge in [-0.2, -0.15) is 0 Å². The number of rotatable bonds is 7. The van der Waals surface area contributed by atoms with Gasteiger partial charge < -0.3 is 24.1 Å². The van der Waals surface area contributed by atoms with Gasteiger partial charge in [0.2, 0.25) is 0 Å². The molecular formula is C19H24O5. The molecule has 0 bridgehead atoms. The standard InChI is InChI=1S/C19H24O5/c1-11(2)7-13-12(10-20)8-14-15(21-3)9-16(22-4)19(24-6)17(14)18(13)23-5/h8-9,20H,1,7,10H2,2-6H3. The van der Waals surface area contributed by atoms with Crippen LogP contribution in [0.25, 0.3) is 10.8 Å². The van der Waals surface area contributed by atoms with Crippen LogP contribution in [0.1, 0.15) is 18.1 Å². The van der Waals surface area contributed by atoms with Crippen LogP contribution >= 0.6 is 0 Å². The minimum absolute atomic E-state index is 0.105.